The Kier molecular flexibility index (Phi) is 6.32. The summed E-state index contributed by atoms with van der Waals surface area (Å²) in [5, 5.41) is 3.05. The number of aryl methyl sites for hydroxylation is 2. The van der Waals surface area contributed by atoms with E-state index in [0.717, 1.165) is 58.3 Å². The number of hydrogen-bond acceptors (Lipinski definition) is 5. The van der Waals surface area contributed by atoms with Crippen molar-refractivity contribution in [3.63, 3.8) is 0 Å². The number of fused-ring (bicyclic) bond motifs is 1. The molecule has 2 aromatic carbocycles. The van der Waals surface area contributed by atoms with Gasteiger partial charge in [-0.25, -0.2) is 4.98 Å². The second-order valence-electron chi connectivity index (χ2n) is 10.7. The number of carbonyl (C=O) groups is 1. The fraction of sp³-hybridized carbons (Fsp3) is 0.379. The van der Waals surface area contributed by atoms with Crippen LogP contribution in [0.15, 0.2) is 54.7 Å². The van der Waals surface area contributed by atoms with E-state index >= 15 is 0 Å². The second kappa shape index (κ2) is 9.59. The van der Waals surface area contributed by atoms with Crippen LogP contribution in [0.2, 0.25) is 0 Å². The maximum Gasteiger partial charge on any atom is 0.573 e. The topological polar surface area (TPSA) is 58.9 Å². The molecule has 1 saturated carbocycles. The fourth-order valence-corrected chi connectivity index (χ4v) is 6.79. The molecule has 39 heavy (non-hydrogen) atoms. The second-order valence-corrected chi connectivity index (χ2v) is 11.9. The first-order valence-electron chi connectivity index (χ1n) is 13.1. The average Bonchev–Trinajstić information content (AvgIpc) is 3.37. The van der Waals surface area contributed by atoms with Crippen molar-refractivity contribution in [2.45, 2.75) is 51.9 Å². The van der Waals surface area contributed by atoms with E-state index in [4.69, 9.17) is 0 Å². The Morgan fingerprint density at radius 1 is 1.15 bits per heavy atom. The summed E-state index contributed by atoms with van der Waals surface area (Å²) in [6.45, 7) is 6.41. The lowest BCUT2D eigenvalue weighted by Crippen LogP contribution is -2.61. The zero-order valence-electron chi connectivity index (χ0n) is 21.7. The molecule has 2 aromatic heterocycles. The molecular formula is C29H31F3N4O2S. The number of anilines is 1. The Labute approximate surface area is 229 Å². The number of carbonyl (C=O) groups excluding carboxylic acids is 1. The van der Waals surface area contributed by atoms with Crippen LogP contribution >= 0.6 is 11.3 Å². The number of benzene rings is 2. The normalized spacial score (nSPS) is 16.8. The summed E-state index contributed by atoms with van der Waals surface area (Å²) in [5.74, 6) is 0.0785. The third kappa shape index (κ3) is 5.09. The molecule has 2 fully saturated rings. The van der Waals surface area contributed by atoms with E-state index in [9.17, 15) is 18.0 Å². The van der Waals surface area contributed by atoms with Crippen LogP contribution in [0.4, 0.5) is 18.9 Å². The summed E-state index contributed by atoms with van der Waals surface area (Å²) >= 11 is 1.58. The molecule has 1 aliphatic heterocycles. The van der Waals surface area contributed by atoms with Crippen LogP contribution in [0.1, 0.15) is 59.3 Å². The molecule has 1 N–H and O–H groups in total. The molecule has 206 valence electrons. The van der Waals surface area contributed by atoms with Crippen molar-refractivity contribution in [3.8, 4) is 5.75 Å². The van der Waals surface area contributed by atoms with Crippen LogP contribution in [0.3, 0.4) is 0 Å². The van der Waals surface area contributed by atoms with Gasteiger partial charge >= 0.3 is 6.36 Å². The maximum atomic E-state index is 13.0. The van der Waals surface area contributed by atoms with Gasteiger partial charge in [-0.05, 0) is 67.5 Å². The quantitative estimate of drug-likeness (QED) is 0.274. The van der Waals surface area contributed by atoms with E-state index in [2.05, 4.69) is 44.2 Å². The molecule has 0 atom stereocenters. The number of nitrogens with zero attached hydrogens (tertiary/aromatic N) is 3. The number of rotatable bonds is 7. The van der Waals surface area contributed by atoms with Crippen LogP contribution in [0.5, 0.6) is 5.75 Å². The molecule has 6 nitrogen and oxygen atoms in total. The van der Waals surface area contributed by atoms with Crippen molar-refractivity contribution in [3.05, 3.63) is 82.1 Å². The van der Waals surface area contributed by atoms with Crippen molar-refractivity contribution in [1.29, 1.82) is 0 Å². The van der Waals surface area contributed by atoms with E-state index in [1.807, 2.05) is 24.4 Å². The minimum absolute atomic E-state index is 0. The highest BCUT2D eigenvalue weighted by Gasteiger charge is 2.52. The minimum Gasteiger partial charge on any atom is -0.406 e. The molecule has 0 bridgehead atoms. The smallest absolute Gasteiger partial charge is 0.406 e. The molecule has 2 aliphatic rings. The van der Waals surface area contributed by atoms with Crippen LogP contribution < -0.4 is 15.0 Å². The highest BCUT2D eigenvalue weighted by molar-refractivity contribution is 7.17. The first-order valence-corrected chi connectivity index (χ1v) is 13.9. The van der Waals surface area contributed by atoms with E-state index in [1.165, 1.54) is 12.1 Å². The molecule has 1 amide bonds. The van der Waals surface area contributed by atoms with E-state index < -0.39 is 6.36 Å². The zero-order chi connectivity index (χ0) is 27.4. The van der Waals surface area contributed by atoms with Gasteiger partial charge in [-0.3, -0.25) is 9.20 Å². The molecule has 1 spiro atoms. The largest absolute Gasteiger partial charge is 0.573 e. The van der Waals surface area contributed by atoms with Crippen molar-refractivity contribution < 1.29 is 24.1 Å². The molecule has 10 heteroatoms. The average molecular weight is 557 g/mol. The van der Waals surface area contributed by atoms with Crippen molar-refractivity contribution in [2.75, 3.05) is 18.0 Å². The number of ether oxygens (including phenoxy) is 1. The van der Waals surface area contributed by atoms with Gasteiger partial charge in [0.05, 0.1) is 5.69 Å². The molecule has 6 rings (SSSR count). The molecule has 1 saturated heterocycles. The number of halogens is 3. The van der Waals surface area contributed by atoms with Crippen LogP contribution in [0, 0.1) is 12.3 Å². The van der Waals surface area contributed by atoms with Gasteiger partial charge in [0.2, 0.25) is 0 Å². The Balaban J connectivity index is 0.00000323. The third-order valence-corrected chi connectivity index (χ3v) is 8.71. The monoisotopic (exact) mass is 556 g/mol. The summed E-state index contributed by atoms with van der Waals surface area (Å²) in [7, 11) is 0. The summed E-state index contributed by atoms with van der Waals surface area (Å²) in [5.41, 5.74) is 4.97. The number of hydrogen-bond donors (Lipinski definition) is 1. The first kappa shape index (κ1) is 25.7. The van der Waals surface area contributed by atoms with Gasteiger partial charge < -0.3 is 15.0 Å². The van der Waals surface area contributed by atoms with Gasteiger partial charge in [0.15, 0.2) is 4.96 Å². The van der Waals surface area contributed by atoms with Gasteiger partial charge in [-0.15, -0.1) is 24.5 Å². The van der Waals surface area contributed by atoms with Crippen LogP contribution in [-0.2, 0) is 13.0 Å². The number of alkyl halides is 3. The highest BCUT2D eigenvalue weighted by Crippen LogP contribution is 2.56. The number of amides is 1. The SMILES string of the molecule is CCc1nc2sc(C)cn2c1C(=O)NCc1ccc(N2CC3(CC(c4ccc(OC(F)(F)F)cc4)C3)C2)cc1.[HH]. The Hall–Kier alpha value is -3.53. The number of thiazole rings is 1. The zero-order valence-corrected chi connectivity index (χ0v) is 22.5. The van der Waals surface area contributed by atoms with E-state index in [0.29, 0.717) is 24.6 Å². The summed E-state index contributed by atoms with van der Waals surface area (Å²) in [6.07, 6.45) is 0.0748. The lowest BCUT2D eigenvalue weighted by molar-refractivity contribution is -0.274. The maximum absolute atomic E-state index is 13.0. The lowest BCUT2D eigenvalue weighted by Gasteiger charge is -2.60. The Morgan fingerprint density at radius 3 is 2.49 bits per heavy atom. The fourth-order valence-electron chi connectivity index (χ4n) is 5.95. The number of aromatic nitrogens is 2. The standard InChI is InChI=1S/C29H29F3N4O2S.H2/c1-3-24-25(36-15-18(2)39-27(36)34-24)26(37)33-14-19-4-8-22(9-5-19)35-16-28(17-35)12-21(13-28)20-6-10-23(11-7-20)38-29(30,31)32;/h4-11,15,21H,3,12-14,16-17H2,1-2H3,(H,33,37);1H. The molecular weight excluding hydrogens is 525 g/mol. The predicted molar refractivity (Wildman–Crippen MR) is 147 cm³/mol. The number of imidazole rings is 1. The summed E-state index contributed by atoms with van der Waals surface area (Å²) < 4.78 is 43.0. The lowest BCUT2D eigenvalue weighted by atomic mass is 9.56. The predicted octanol–water partition coefficient (Wildman–Crippen LogP) is 6.73. The molecule has 3 heterocycles. The van der Waals surface area contributed by atoms with Gasteiger partial charge in [0.1, 0.15) is 11.4 Å². The van der Waals surface area contributed by atoms with E-state index in [-0.39, 0.29) is 18.5 Å². The molecule has 1 aliphatic carbocycles. The van der Waals surface area contributed by atoms with Gasteiger partial charge in [0.25, 0.3) is 5.91 Å². The van der Waals surface area contributed by atoms with Crippen molar-refractivity contribution in [2.24, 2.45) is 5.41 Å². The summed E-state index contributed by atoms with van der Waals surface area (Å²) in [6, 6.07) is 14.6. The van der Waals surface area contributed by atoms with Crippen LogP contribution in [0.25, 0.3) is 4.96 Å². The summed E-state index contributed by atoms with van der Waals surface area (Å²) in [4.78, 5) is 21.9. The minimum atomic E-state index is -4.67. The van der Waals surface area contributed by atoms with Crippen molar-refractivity contribution in [1.82, 2.24) is 14.7 Å². The molecule has 0 unspecified atom stereocenters. The van der Waals surface area contributed by atoms with E-state index in [1.54, 1.807) is 23.5 Å². The Morgan fingerprint density at radius 2 is 1.85 bits per heavy atom. The van der Waals surface area contributed by atoms with Gasteiger partial charge in [-0.2, -0.15) is 0 Å². The molecule has 0 radical (unpaired) electrons. The number of nitrogens with one attached hydrogen (secondary N) is 1. The van der Waals surface area contributed by atoms with Gasteiger partial charge in [-0.1, -0.05) is 31.2 Å². The third-order valence-electron chi connectivity index (χ3n) is 7.82. The Bertz CT molecular complexity index is 1500. The van der Waals surface area contributed by atoms with Crippen LogP contribution in [-0.4, -0.2) is 34.7 Å². The highest BCUT2D eigenvalue weighted by atomic mass is 32.1. The first-order chi connectivity index (χ1) is 18.6. The molecule has 4 aromatic rings. The van der Waals surface area contributed by atoms with Crippen molar-refractivity contribution >= 4 is 27.9 Å². The van der Waals surface area contributed by atoms with Gasteiger partial charge in [0, 0.05) is 43.2 Å².